The Morgan fingerprint density at radius 3 is 1.85 bits per heavy atom. The fourth-order valence-corrected chi connectivity index (χ4v) is 1.34. The standard InChI is InChI=1S/2C6H7N2O.2W/c1-5-3-8(2)7-6(5)4-9;1-5-3-7-8(2)6(5)4-9;;/h2*4H,1-2H3;;/q2*-1;;. The van der Waals surface area contributed by atoms with Gasteiger partial charge in [0.2, 0.25) is 0 Å². The van der Waals surface area contributed by atoms with Crippen LogP contribution in [0, 0.1) is 26.2 Å². The molecule has 2 heterocycles. The van der Waals surface area contributed by atoms with Gasteiger partial charge in [0.15, 0.2) is 0 Å². The molecule has 2 rings (SSSR count). The van der Waals surface area contributed by atoms with E-state index in [2.05, 4.69) is 22.6 Å². The summed E-state index contributed by atoms with van der Waals surface area (Å²) in [5.41, 5.74) is 2.66. The molecule has 0 radical (unpaired) electrons. The van der Waals surface area contributed by atoms with Crippen LogP contribution in [0.3, 0.4) is 0 Å². The first kappa shape index (κ1) is 21.4. The van der Waals surface area contributed by atoms with E-state index in [1.54, 1.807) is 27.9 Å². The second kappa shape index (κ2) is 9.95. The van der Waals surface area contributed by atoms with Crippen molar-refractivity contribution in [1.82, 2.24) is 19.6 Å². The number of aromatic nitrogens is 4. The third-order valence-electron chi connectivity index (χ3n) is 2.30. The van der Waals surface area contributed by atoms with Crippen LogP contribution in [0.25, 0.3) is 0 Å². The monoisotopic (exact) mass is 614 g/mol. The van der Waals surface area contributed by atoms with Crippen molar-refractivity contribution in [2.45, 2.75) is 13.8 Å². The van der Waals surface area contributed by atoms with Gasteiger partial charge >= 0.3 is 0 Å². The van der Waals surface area contributed by atoms with Gasteiger partial charge in [0.05, 0.1) is 12.6 Å². The Hall–Kier alpha value is -0.863. The molecule has 0 aliphatic rings. The zero-order valence-electron chi connectivity index (χ0n) is 11.6. The number of carbonyl (C=O) groups is 2. The molecule has 0 aliphatic carbocycles. The van der Waals surface area contributed by atoms with E-state index in [9.17, 15) is 9.59 Å². The van der Waals surface area contributed by atoms with Crippen molar-refractivity contribution in [3.8, 4) is 0 Å². The topological polar surface area (TPSA) is 69.8 Å². The predicted molar refractivity (Wildman–Crippen MR) is 64.3 cm³/mol. The molecule has 0 amide bonds. The summed E-state index contributed by atoms with van der Waals surface area (Å²) in [4.78, 5) is 20.4. The number of hydrogen-bond acceptors (Lipinski definition) is 4. The molecule has 0 aliphatic heterocycles. The molecule has 0 bridgehead atoms. The van der Waals surface area contributed by atoms with Gasteiger partial charge in [-0.3, -0.25) is 5.10 Å². The maximum absolute atomic E-state index is 10.2. The van der Waals surface area contributed by atoms with E-state index in [1.165, 1.54) is 9.36 Å². The van der Waals surface area contributed by atoms with Crippen LogP contribution in [0.4, 0.5) is 0 Å². The van der Waals surface area contributed by atoms with Gasteiger partial charge in [-0.15, -0.1) is 12.4 Å². The second-order valence-corrected chi connectivity index (χ2v) is 3.73. The Morgan fingerprint density at radius 1 is 1.05 bits per heavy atom. The van der Waals surface area contributed by atoms with Crippen LogP contribution < -0.4 is 0 Å². The molecule has 8 heteroatoms. The number of rotatable bonds is 2. The van der Waals surface area contributed by atoms with E-state index >= 15 is 0 Å². The van der Waals surface area contributed by atoms with E-state index in [0.29, 0.717) is 11.4 Å². The molecule has 0 spiro atoms. The van der Waals surface area contributed by atoms with E-state index in [4.69, 9.17) is 0 Å². The van der Waals surface area contributed by atoms with Gasteiger partial charge in [0.1, 0.15) is 0 Å². The Kier molecular flexibility index (Phi) is 10.7. The minimum absolute atomic E-state index is 0. The van der Waals surface area contributed by atoms with Crippen LogP contribution >= 0.6 is 0 Å². The maximum atomic E-state index is 10.2. The molecule has 0 unspecified atom stereocenters. The van der Waals surface area contributed by atoms with E-state index in [1.807, 2.05) is 0 Å². The molecule has 0 saturated carbocycles. The molecule has 2 aromatic heterocycles. The average Bonchev–Trinajstić information content (AvgIpc) is 2.82. The molecule has 20 heavy (non-hydrogen) atoms. The fourth-order valence-electron chi connectivity index (χ4n) is 1.34. The quantitative estimate of drug-likeness (QED) is 0.369. The number of nitrogens with zero attached hydrogens (tertiary/aromatic N) is 4. The Labute approximate surface area is 146 Å². The van der Waals surface area contributed by atoms with Gasteiger partial charge in [0, 0.05) is 56.2 Å². The number of hydrogen-bond donors (Lipinski definition) is 0. The summed E-state index contributed by atoms with van der Waals surface area (Å²) in [7, 11) is 3.45. The number of aryl methyl sites for hydroxylation is 4. The predicted octanol–water partition coefficient (Wildman–Crippen LogP) is 0.677. The Bertz CT molecular complexity index is 544. The van der Waals surface area contributed by atoms with Gasteiger partial charge < -0.3 is 24.1 Å². The fraction of sp³-hybridized carbons (Fsp3) is 0.333. The van der Waals surface area contributed by atoms with Crippen molar-refractivity contribution in [2.75, 3.05) is 0 Å². The summed E-state index contributed by atoms with van der Waals surface area (Å²) in [5, 5.41) is 7.57. The van der Waals surface area contributed by atoms with Gasteiger partial charge in [-0.05, 0) is 11.4 Å². The van der Waals surface area contributed by atoms with Crippen molar-refractivity contribution < 1.29 is 51.7 Å². The summed E-state index contributed by atoms with van der Waals surface area (Å²) in [5.74, 6) is 0. The first-order valence-corrected chi connectivity index (χ1v) is 5.24. The van der Waals surface area contributed by atoms with E-state index in [-0.39, 0.29) is 42.1 Å². The largest absolute Gasteiger partial charge is 0.379 e. The van der Waals surface area contributed by atoms with Gasteiger partial charge in [-0.1, -0.05) is 13.8 Å². The van der Waals surface area contributed by atoms with Crippen LogP contribution in [0.5, 0.6) is 0 Å². The van der Waals surface area contributed by atoms with Crippen molar-refractivity contribution in [3.63, 3.8) is 0 Å². The minimum atomic E-state index is 0. The number of aldehydes is 2. The SMILES string of the molecule is Cc1[c-]n(C)nc1C=O.Cc1[c-]nn(C)c1C=O.[W].[W]. The third kappa shape index (κ3) is 5.64. The third-order valence-corrected chi connectivity index (χ3v) is 2.30. The Morgan fingerprint density at radius 2 is 1.65 bits per heavy atom. The molecule has 0 N–H and O–H groups in total. The van der Waals surface area contributed by atoms with Gasteiger partial charge in [-0.2, -0.15) is 11.1 Å². The van der Waals surface area contributed by atoms with Crippen LogP contribution in [-0.4, -0.2) is 32.1 Å². The molecule has 0 fully saturated rings. The molecular weight excluding hydrogens is 600 g/mol. The molecule has 0 saturated heterocycles. The zero-order valence-corrected chi connectivity index (χ0v) is 17.4. The smallest absolute Gasteiger partial charge is 0.0889 e. The summed E-state index contributed by atoms with van der Waals surface area (Å²) in [6, 6.07) is 0. The average molecular weight is 614 g/mol. The van der Waals surface area contributed by atoms with Crippen LogP contribution in [-0.2, 0) is 56.2 Å². The van der Waals surface area contributed by atoms with E-state index in [0.717, 1.165) is 23.7 Å². The van der Waals surface area contributed by atoms with Crippen LogP contribution in [0.2, 0.25) is 0 Å². The zero-order chi connectivity index (χ0) is 13.7. The first-order valence-electron chi connectivity index (χ1n) is 5.24. The molecule has 108 valence electrons. The second-order valence-electron chi connectivity index (χ2n) is 3.73. The van der Waals surface area contributed by atoms with Gasteiger partial charge in [-0.25, -0.2) is 0 Å². The summed E-state index contributed by atoms with van der Waals surface area (Å²) in [6.45, 7) is 3.60. The first-order chi connectivity index (χ1) is 8.49. The maximum Gasteiger partial charge on any atom is 0.0889 e. The number of carbonyl (C=O) groups excluding carboxylic acids is 2. The van der Waals surface area contributed by atoms with Crippen LogP contribution in [0.1, 0.15) is 32.1 Å². The molecule has 0 atom stereocenters. The van der Waals surface area contributed by atoms with Crippen molar-refractivity contribution in [3.05, 3.63) is 34.9 Å². The molecular formula is C12H14N4O2W2-2. The summed E-state index contributed by atoms with van der Waals surface area (Å²) < 4.78 is 3.00. The molecule has 6 nitrogen and oxygen atoms in total. The van der Waals surface area contributed by atoms with Gasteiger partial charge in [0.25, 0.3) is 0 Å². The molecule has 0 aromatic carbocycles. The minimum Gasteiger partial charge on any atom is -0.379 e. The summed E-state index contributed by atoms with van der Waals surface area (Å²) >= 11 is 0. The summed E-state index contributed by atoms with van der Waals surface area (Å²) in [6.07, 6.45) is 7.01. The normalized spacial score (nSPS) is 8.60. The molecule has 2 aromatic rings. The van der Waals surface area contributed by atoms with Crippen molar-refractivity contribution >= 4 is 12.6 Å². The van der Waals surface area contributed by atoms with Crippen molar-refractivity contribution in [2.24, 2.45) is 14.1 Å². The Balaban J connectivity index is 0. The van der Waals surface area contributed by atoms with Crippen molar-refractivity contribution in [1.29, 1.82) is 0 Å². The van der Waals surface area contributed by atoms with Crippen LogP contribution in [0.15, 0.2) is 0 Å². The van der Waals surface area contributed by atoms with E-state index < -0.39 is 0 Å².